The Kier molecular flexibility index (Phi) is 19.2. The summed E-state index contributed by atoms with van der Waals surface area (Å²) in [5.41, 5.74) is 0.478. The minimum atomic E-state index is -1.48. The highest BCUT2D eigenvalue weighted by molar-refractivity contribution is 8.00. The maximum absolute atomic E-state index is 14.3. The molecule has 1 aromatic rings. The van der Waals surface area contributed by atoms with Crippen molar-refractivity contribution < 1.29 is 53.4 Å². The van der Waals surface area contributed by atoms with Crippen molar-refractivity contribution in [3.8, 4) is 0 Å². The molecule has 6 amide bonds. The zero-order chi connectivity index (χ0) is 44.6. The van der Waals surface area contributed by atoms with Crippen molar-refractivity contribution in [2.45, 2.75) is 139 Å². The average Bonchev–Trinajstić information content (AvgIpc) is 3.92. The normalized spacial score (nSPS) is 20.8. The van der Waals surface area contributed by atoms with E-state index >= 15 is 0 Å². The third-order valence-electron chi connectivity index (χ3n) is 11.5. The van der Waals surface area contributed by atoms with E-state index in [1.54, 1.807) is 19.1 Å². The van der Waals surface area contributed by atoms with Crippen LogP contribution in [0, 0.1) is 11.8 Å². The predicted octanol–water partition coefficient (Wildman–Crippen LogP) is 2.48. The molecule has 0 radical (unpaired) electrons. The molecule has 336 valence electrons. The summed E-state index contributed by atoms with van der Waals surface area (Å²) in [6.45, 7) is 4.14. The smallest absolute Gasteiger partial charge is 0.315 e. The Bertz CT molecular complexity index is 1790. The summed E-state index contributed by atoms with van der Waals surface area (Å²) in [7, 11) is 0. The topological polar surface area (TPSA) is 270 Å². The Balaban J connectivity index is 1.29. The molecule has 20 heteroatoms. The van der Waals surface area contributed by atoms with Crippen molar-refractivity contribution in [1.29, 1.82) is 0 Å². The number of aromatic nitrogens is 1. The summed E-state index contributed by atoms with van der Waals surface area (Å²) >= 11 is 7.51. The minimum absolute atomic E-state index is 0.0291. The Morgan fingerprint density at radius 2 is 1.70 bits per heavy atom. The van der Waals surface area contributed by atoms with Crippen LogP contribution in [0.2, 0.25) is 0 Å². The first-order chi connectivity index (χ1) is 29.1. The number of hydrogen-bond acceptors (Lipinski definition) is 11. The third-order valence-corrected chi connectivity index (χ3v) is 13.3. The highest BCUT2D eigenvalue weighted by Crippen LogP contribution is 2.34. The zero-order valence-corrected chi connectivity index (χ0v) is 36.2. The van der Waals surface area contributed by atoms with E-state index in [2.05, 4.69) is 31.6 Å². The van der Waals surface area contributed by atoms with Crippen LogP contribution in [0.15, 0.2) is 18.3 Å². The molecule has 0 aliphatic carbocycles. The number of nitrogens with zero attached hydrogens (tertiary/aromatic N) is 2. The quantitative estimate of drug-likeness (QED) is 0.0381. The lowest BCUT2D eigenvalue weighted by molar-refractivity contribution is -0.140. The molecule has 61 heavy (non-hydrogen) atoms. The van der Waals surface area contributed by atoms with E-state index in [4.69, 9.17) is 11.6 Å². The summed E-state index contributed by atoms with van der Waals surface area (Å²) in [6, 6.07) is -0.814. The molecule has 1 aromatic heterocycles. The average molecular weight is 892 g/mol. The van der Waals surface area contributed by atoms with E-state index in [0.29, 0.717) is 49.5 Å². The van der Waals surface area contributed by atoms with Gasteiger partial charge in [-0.1, -0.05) is 39.2 Å². The minimum Gasteiger partial charge on any atom is -0.481 e. The number of hydrogen-bond donors (Lipinski definition) is 7. The highest BCUT2D eigenvalue weighted by atomic mass is 35.5. The number of aliphatic carboxylic acids is 2. The molecular formula is C41H58ClN7O11S. The summed E-state index contributed by atoms with van der Waals surface area (Å²) < 4.78 is 0. The number of carbonyl (C=O) groups excluding carboxylic acids is 7. The standard InChI is InChI=1S/C41H58ClN7O11S/c1-3-23(2)26(19-25(50)11-5-4-8-16-43-33(52)13-7-6-12-32-36-29(22-61-32)47-41(60)48-36)38(57)45-27(14-15-34(53)54)40(59)49-30(18-24-10-9-17-44-37(24)49)39(58)46-28(20-35(55)56)31(51)21-42/h9-10,17,23,26-30,32,36H,3-8,11-16,18-22H2,1-2H3,(H,43,52)(H,45,57)(H,46,58)(H,53,54)(H,55,56)(H2,47,48,60)/t23-,26-,27-,28?,29-,30-,32-,36-/m0/s1. The first kappa shape index (κ1) is 48.9. The number of unbranched alkanes of at least 4 members (excludes halogenated alkanes) is 3. The molecule has 2 fully saturated rings. The Morgan fingerprint density at radius 3 is 2.41 bits per heavy atom. The van der Waals surface area contributed by atoms with E-state index < -0.39 is 78.2 Å². The van der Waals surface area contributed by atoms with Crippen molar-refractivity contribution in [2.75, 3.05) is 23.1 Å². The van der Waals surface area contributed by atoms with E-state index in [1.165, 1.54) is 6.20 Å². The van der Waals surface area contributed by atoms with Gasteiger partial charge in [-0.15, -0.1) is 11.6 Å². The van der Waals surface area contributed by atoms with Gasteiger partial charge >= 0.3 is 18.0 Å². The number of alkyl halides is 1. The van der Waals surface area contributed by atoms with Crippen molar-refractivity contribution in [1.82, 2.24) is 31.6 Å². The van der Waals surface area contributed by atoms with Gasteiger partial charge < -0.3 is 36.8 Å². The summed E-state index contributed by atoms with van der Waals surface area (Å²) in [4.78, 5) is 120. The molecule has 3 aliphatic rings. The molecule has 2 saturated heterocycles. The van der Waals surface area contributed by atoms with Gasteiger partial charge in [0.15, 0.2) is 5.78 Å². The molecule has 4 heterocycles. The van der Waals surface area contributed by atoms with E-state index in [-0.39, 0.29) is 67.2 Å². The molecule has 7 N–H and O–H groups in total. The van der Waals surface area contributed by atoms with Crippen LogP contribution in [0.3, 0.4) is 0 Å². The molecule has 3 aliphatic heterocycles. The van der Waals surface area contributed by atoms with Gasteiger partial charge in [0.1, 0.15) is 23.7 Å². The van der Waals surface area contributed by atoms with Crippen LogP contribution in [0.4, 0.5) is 10.6 Å². The van der Waals surface area contributed by atoms with Crippen molar-refractivity contribution in [2.24, 2.45) is 11.8 Å². The van der Waals surface area contributed by atoms with Crippen LogP contribution in [-0.4, -0.2) is 122 Å². The number of amides is 6. The Labute approximate surface area is 364 Å². The first-order valence-electron chi connectivity index (χ1n) is 21.0. The fraction of sp³-hybridized carbons (Fsp3) is 0.659. The van der Waals surface area contributed by atoms with Gasteiger partial charge in [-0.25, -0.2) is 9.78 Å². The van der Waals surface area contributed by atoms with Crippen molar-refractivity contribution >= 4 is 82.3 Å². The predicted molar refractivity (Wildman–Crippen MR) is 226 cm³/mol. The molecule has 1 unspecified atom stereocenters. The number of fused-ring (bicyclic) bond motifs is 2. The number of nitrogens with one attached hydrogen (secondary N) is 5. The number of Topliss-reactive ketones (excluding diaryl/α,β-unsaturated/α-hetero) is 2. The van der Waals surface area contributed by atoms with Crippen LogP contribution >= 0.6 is 23.4 Å². The van der Waals surface area contributed by atoms with Crippen molar-refractivity contribution in [3.63, 3.8) is 0 Å². The van der Waals surface area contributed by atoms with Crippen LogP contribution in [0.25, 0.3) is 0 Å². The monoisotopic (exact) mass is 891 g/mol. The fourth-order valence-corrected chi connectivity index (χ4v) is 9.60. The first-order valence-corrected chi connectivity index (χ1v) is 22.6. The summed E-state index contributed by atoms with van der Waals surface area (Å²) in [5.74, 6) is -6.60. The Morgan fingerprint density at radius 1 is 0.951 bits per heavy atom. The number of carboxylic acids is 2. The molecule has 0 bridgehead atoms. The zero-order valence-electron chi connectivity index (χ0n) is 34.6. The van der Waals surface area contributed by atoms with Crippen LogP contribution in [0.1, 0.15) is 103 Å². The number of halogens is 1. The third kappa shape index (κ3) is 14.4. The summed E-state index contributed by atoms with van der Waals surface area (Å²) in [6.07, 6.45) is 5.22. The van der Waals surface area contributed by atoms with Crippen LogP contribution in [-0.2, 0) is 44.8 Å². The van der Waals surface area contributed by atoms with Gasteiger partial charge in [-0.2, -0.15) is 11.8 Å². The van der Waals surface area contributed by atoms with Gasteiger partial charge in [0.05, 0.1) is 30.4 Å². The maximum atomic E-state index is 14.3. The molecule has 0 spiro atoms. The second-order valence-corrected chi connectivity index (χ2v) is 17.5. The maximum Gasteiger partial charge on any atom is 0.315 e. The molecule has 4 rings (SSSR count). The van der Waals surface area contributed by atoms with E-state index in [1.807, 2.05) is 18.7 Å². The number of carbonyl (C=O) groups is 9. The number of ketones is 2. The second-order valence-electron chi connectivity index (χ2n) is 15.9. The summed E-state index contributed by atoms with van der Waals surface area (Å²) in [5, 5.41) is 33.1. The number of carboxylic acid groups (broad SMARTS) is 2. The lowest BCUT2D eigenvalue weighted by Crippen LogP contribution is -2.57. The van der Waals surface area contributed by atoms with Gasteiger partial charge in [0, 0.05) is 61.8 Å². The molecule has 18 nitrogen and oxygen atoms in total. The van der Waals surface area contributed by atoms with Crippen molar-refractivity contribution in [3.05, 3.63) is 23.9 Å². The van der Waals surface area contributed by atoms with E-state index in [9.17, 15) is 53.4 Å². The highest BCUT2D eigenvalue weighted by Gasteiger charge is 2.44. The fourth-order valence-electron chi connectivity index (χ4n) is 7.87. The number of anilines is 1. The van der Waals surface area contributed by atoms with Gasteiger partial charge in [-0.3, -0.25) is 43.3 Å². The van der Waals surface area contributed by atoms with Gasteiger partial charge in [-0.05, 0) is 49.7 Å². The number of rotatable bonds is 27. The number of urea groups is 1. The van der Waals surface area contributed by atoms with E-state index in [0.717, 1.165) is 29.9 Å². The van der Waals surface area contributed by atoms with Gasteiger partial charge in [0.25, 0.3) is 5.91 Å². The Hall–Kier alpha value is -4.78. The van der Waals surface area contributed by atoms with Crippen LogP contribution in [0.5, 0.6) is 0 Å². The number of pyridine rings is 1. The lowest BCUT2D eigenvalue weighted by Gasteiger charge is -2.31. The SMILES string of the molecule is CC[C@H](C)[C@H](CC(=O)CCCCCNC(=O)CCCC[C@@H]1SC[C@@H]2NC(=O)N[C@@H]21)C(=O)N[C@@H](CCC(=O)O)C(=O)N1c2ncccc2C[C@H]1C(=O)NC(CC(=O)O)C(=O)CCl. The largest absolute Gasteiger partial charge is 0.481 e. The van der Waals surface area contributed by atoms with Gasteiger partial charge in [0.2, 0.25) is 17.7 Å². The molecule has 0 saturated carbocycles. The molecular weight excluding hydrogens is 834 g/mol. The second kappa shape index (κ2) is 24.0. The molecule has 0 aromatic carbocycles. The van der Waals surface area contributed by atoms with Crippen LogP contribution < -0.4 is 31.5 Å². The number of thioether (sulfide) groups is 1. The lowest BCUT2D eigenvalue weighted by atomic mass is 9.85. The molecule has 8 atom stereocenters.